The quantitative estimate of drug-likeness (QED) is 0.622. The smallest absolute Gasteiger partial charge is 0.422 e. The number of hydrogen-bond donors (Lipinski definition) is 2. The van der Waals surface area contributed by atoms with E-state index in [0.29, 0.717) is 11.1 Å². The zero-order valence-electron chi connectivity index (χ0n) is 16.5. The third-order valence-electron chi connectivity index (χ3n) is 4.08. The van der Waals surface area contributed by atoms with Crippen molar-refractivity contribution in [3.8, 4) is 5.75 Å². The van der Waals surface area contributed by atoms with E-state index in [2.05, 4.69) is 14.8 Å². The maximum atomic E-state index is 12.3. The van der Waals surface area contributed by atoms with Gasteiger partial charge in [-0.1, -0.05) is 29.8 Å². The average molecular weight is 444 g/mol. The zero-order valence-corrected chi connectivity index (χ0v) is 17.4. The summed E-state index contributed by atoms with van der Waals surface area (Å²) in [4.78, 5) is 12.1. The van der Waals surface area contributed by atoms with E-state index in [4.69, 9.17) is 0 Å². The third kappa shape index (κ3) is 7.68. The number of ether oxygens (including phenoxy) is 1. The number of hydrogen-bond acceptors (Lipinski definition) is 4. The van der Waals surface area contributed by atoms with Crippen LogP contribution in [0.4, 0.5) is 13.2 Å². The monoisotopic (exact) mass is 444 g/mol. The SMILES string of the molecule is Cc1ccc(S(=O)(=O)NCCC(=O)NCc2ccc(OCC(F)(F)F)cc2)c(C)c1. The van der Waals surface area contributed by atoms with E-state index in [1.165, 1.54) is 30.3 Å². The van der Waals surface area contributed by atoms with E-state index in [0.717, 1.165) is 5.56 Å². The van der Waals surface area contributed by atoms with Crippen molar-refractivity contribution in [3.05, 3.63) is 59.2 Å². The Bertz CT molecular complexity index is 975. The topological polar surface area (TPSA) is 84.5 Å². The fourth-order valence-electron chi connectivity index (χ4n) is 2.64. The van der Waals surface area contributed by atoms with Gasteiger partial charge in [0.25, 0.3) is 0 Å². The molecule has 2 rings (SSSR count). The lowest BCUT2D eigenvalue weighted by molar-refractivity contribution is -0.153. The van der Waals surface area contributed by atoms with Gasteiger partial charge in [0.15, 0.2) is 6.61 Å². The first kappa shape index (κ1) is 23.7. The van der Waals surface area contributed by atoms with Crippen molar-refractivity contribution in [1.29, 1.82) is 0 Å². The maximum absolute atomic E-state index is 12.3. The summed E-state index contributed by atoms with van der Waals surface area (Å²) in [6.45, 7) is 2.28. The number of amides is 1. The van der Waals surface area contributed by atoms with Crippen LogP contribution in [0.5, 0.6) is 5.75 Å². The van der Waals surface area contributed by atoms with Gasteiger partial charge in [-0.25, -0.2) is 13.1 Å². The number of carbonyl (C=O) groups is 1. The van der Waals surface area contributed by atoms with Gasteiger partial charge in [0.1, 0.15) is 5.75 Å². The van der Waals surface area contributed by atoms with E-state index < -0.39 is 22.8 Å². The molecular weight excluding hydrogens is 421 g/mol. The summed E-state index contributed by atoms with van der Waals surface area (Å²) < 4.78 is 68.1. The van der Waals surface area contributed by atoms with Gasteiger partial charge in [-0.05, 0) is 43.2 Å². The Hall–Kier alpha value is -2.59. The van der Waals surface area contributed by atoms with Gasteiger partial charge in [0, 0.05) is 19.5 Å². The summed E-state index contributed by atoms with van der Waals surface area (Å²) >= 11 is 0. The lowest BCUT2D eigenvalue weighted by Crippen LogP contribution is -2.30. The van der Waals surface area contributed by atoms with Crippen LogP contribution in [-0.2, 0) is 21.4 Å². The molecule has 0 fully saturated rings. The number of rotatable bonds is 9. The van der Waals surface area contributed by atoms with Gasteiger partial charge >= 0.3 is 6.18 Å². The number of carbonyl (C=O) groups excluding carboxylic acids is 1. The molecule has 164 valence electrons. The van der Waals surface area contributed by atoms with E-state index >= 15 is 0 Å². The molecule has 0 aliphatic rings. The number of alkyl halides is 3. The Morgan fingerprint density at radius 2 is 1.73 bits per heavy atom. The molecule has 0 spiro atoms. The molecule has 0 bridgehead atoms. The largest absolute Gasteiger partial charge is 0.484 e. The Morgan fingerprint density at radius 1 is 1.07 bits per heavy atom. The Kier molecular flexibility index (Phi) is 7.85. The van der Waals surface area contributed by atoms with Crippen molar-refractivity contribution in [3.63, 3.8) is 0 Å². The zero-order chi connectivity index (χ0) is 22.4. The number of aryl methyl sites for hydroxylation is 2. The fourth-order valence-corrected chi connectivity index (χ4v) is 3.89. The summed E-state index contributed by atoms with van der Waals surface area (Å²) in [6, 6.07) is 10.8. The Morgan fingerprint density at radius 3 is 2.33 bits per heavy atom. The van der Waals surface area contributed by atoms with Gasteiger partial charge in [-0.15, -0.1) is 0 Å². The number of benzene rings is 2. The van der Waals surface area contributed by atoms with Crippen molar-refractivity contribution in [1.82, 2.24) is 10.0 Å². The molecule has 0 aliphatic heterocycles. The predicted octanol–water partition coefficient (Wildman–Crippen LogP) is 3.23. The molecule has 2 aromatic rings. The van der Waals surface area contributed by atoms with Gasteiger partial charge in [0.2, 0.25) is 15.9 Å². The minimum Gasteiger partial charge on any atom is -0.484 e. The van der Waals surface area contributed by atoms with Crippen LogP contribution in [0.25, 0.3) is 0 Å². The molecular formula is C20H23F3N2O4S. The maximum Gasteiger partial charge on any atom is 0.422 e. The second-order valence-corrected chi connectivity index (χ2v) is 8.48. The highest BCUT2D eigenvalue weighted by Crippen LogP contribution is 2.19. The fraction of sp³-hybridized carbons (Fsp3) is 0.350. The highest BCUT2D eigenvalue weighted by Gasteiger charge is 2.28. The van der Waals surface area contributed by atoms with Crippen LogP contribution in [-0.4, -0.2) is 33.7 Å². The molecule has 0 atom stereocenters. The molecule has 10 heteroatoms. The summed E-state index contributed by atoms with van der Waals surface area (Å²) in [7, 11) is -3.72. The van der Waals surface area contributed by atoms with Crippen LogP contribution >= 0.6 is 0 Å². The molecule has 1 amide bonds. The highest BCUT2D eigenvalue weighted by atomic mass is 32.2. The molecule has 2 aromatic carbocycles. The van der Waals surface area contributed by atoms with Crippen molar-refractivity contribution in [2.45, 2.75) is 37.9 Å². The van der Waals surface area contributed by atoms with Crippen LogP contribution in [0.1, 0.15) is 23.1 Å². The summed E-state index contributed by atoms with van der Waals surface area (Å²) in [5.41, 5.74) is 2.24. The first-order chi connectivity index (χ1) is 14.0. The summed E-state index contributed by atoms with van der Waals surface area (Å²) in [6.07, 6.45) is -4.47. The predicted molar refractivity (Wildman–Crippen MR) is 106 cm³/mol. The van der Waals surface area contributed by atoms with E-state index in [1.807, 2.05) is 6.92 Å². The molecule has 0 radical (unpaired) electrons. The molecule has 2 N–H and O–H groups in total. The van der Waals surface area contributed by atoms with Crippen LogP contribution in [0.15, 0.2) is 47.4 Å². The second kappa shape index (κ2) is 9.94. The Balaban J connectivity index is 1.77. The molecule has 0 saturated carbocycles. The minimum absolute atomic E-state index is 0.0586. The first-order valence-electron chi connectivity index (χ1n) is 9.08. The van der Waals surface area contributed by atoms with E-state index in [1.54, 1.807) is 19.1 Å². The molecule has 0 aromatic heterocycles. The van der Waals surface area contributed by atoms with Crippen molar-refractivity contribution in [2.24, 2.45) is 0 Å². The lowest BCUT2D eigenvalue weighted by Gasteiger charge is -2.11. The normalized spacial score (nSPS) is 11.9. The standard InChI is InChI=1S/C20H23F3N2O4S/c1-14-3-8-18(15(2)11-14)30(27,28)25-10-9-19(26)24-12-16-4-6-17(7-5-16)29-13-20(21,22)23/h3-8,11,25H,9-10,12-13H2,1-2H3,(H,24,26). The van der Waals surface area contributed by atoms with Crippen LogP contribution in [0.3, 0.4) is 0 Å². The van der Waals surface area contributed by atoms with E-state index in [9.17, 15) is 26.4 Å². The van der Waals surface area contributed by atoms with Crippen LogP contribution < -0.4 is 14.8 Å². The third-order valence-corrected chi connectivity index (χ3v) is 5.70. The van der Waals surface area contributed by atoms with Crippen molar-refractivity contribution >= 4 is 15.9 Å². The summed E-state index contributed by atoms with van der Waals surface area (Å²) in [5, 5.41) is 2.62. The van der Waals surface area contributed by atoms with Crippen molar-refractivity contribution < 1.29 is 31.1 Å². The Labute approximate surface area is 173 Å². The molecule has 0 saturated heterocycles. The average Bonchev–Trinajstić information content (AvgIpc) is 2.64. The van der Waals surface area contributed by atoms with Gasteiger partial charge in [0.05, 0.1) is 4.90 Å². The molecule has 30 heavy (non-hydrogen) atoms. The first-order valence-corrected chi connectivity index (χ1v) is 10.6. The molecule has 0 aliphatic carbocycles. The number of sulfonamides is 1. The molecule has 0 unspecified atom stereocenters. The number of halogens is 3. The lowest BCUT2D eigenvalue weighted by atomic mass is 10.2. The minimum atomic E-state index is -4.41. The van der Waals surface area contributed by atoms with Gasteiger partial charge in [-0.2, -0.15) is 13.2 Å². The van der Waals surface area contributed by atoms with Gasteiger partial charge in [-0.3, -0.25) is 4.79 Å². The highest BCUT2D eigenvalue weighted by molar-refractivity contribution is 7.89. The summed E-state index contributed by atoms with van der Waals surface area (Å²) in [5.74, 6) is -0.293. The number of nitrogens with one attached hydrogen (secondary N) is 2. The van der Waals surface area contributed by atoms with E-state index in [-0.39, 0.29) is 36.1 Å². The van der Waals surface area contributed by atoms with Crippen molar-refractivity contribution in [2.75, 3.05) is 13.2 Å². The molecule has 0 heterocycles. The molecule has 6 nitrogen and oxygen atoms in total. The van der Waals surface area contributed by atoms with Gasteiger partial charge < -0.3 is 10.1 Å². The second-order valence-electron chi connectivity index (χ2n) is 6.74. The van der Waals surface area contributed by atoms with Crippen LogP contribution in [0, 0.1) is 13.8 Å². The van der Waals surface area contributed by atoms with Crippen LogP contribution in [0.2, 0.25) is 0 Å².